The van der Waals surface area contributed by atoms with Crippen molar-refractivity contribution in [2.45, 2.75) is 30.5 Å². The van der Waals surface area contributed by atoms with Gasteiger partial charge in [-0.3, -0.25) is 4.79 Å². The fourth-order valence-corrected chi connectivity index (χ4v) is 6.70. The van der Waals surface area contributed by atoms with Gasteiger partial charge in [-0.05, 0) is 49.6 Å². The monoisotopic (exact) mass is 478 g/mol. The summed E-state index contributed by atoms with van der Waals surface area (Å²) in [5.41, 5.74) is 1.00. The first-order valence-electron chi connectivity index (χ1n) is 9.96. The van der Waals surface area contributed by atoms with Gasteiger partial charge in [0, 0.05) is 29.1 Å². The molecule has 0 aliphatic carbocycles. The predicted octanol–water partition coefficient (Wildman–Crippen LogP) is 3.99. The lowest BCUT2D eigenvalue weighted by atomic mass is 9.99. The number of nitrogens with zero attached hydrogens (tertiary/aromatic N) is 3. The second-order valence-electron chi connectivity index (χ2n) is 7.56. The summed E-state index contributed by atoms with van der Waals surface area (Å²) >= 11 is 7.19. The van der Waals surface area contributed by atoms with E-state index in [4.69, 9.17) is 11.6 Å². The molecule has 0 radical (unpaired) electrons. The number of anilines is 1. The van der Waals surface area contributed by atoms with E-state index in [1.54, 1.807) is 29.1 Å². The number of carbonyl (C=O) groups excluding carboxylic acids is 1. The van der Waals surface area contributed by atoms with Gasteiger partial charge in [0.15, 0.2) is 0 Å². The van der Waals surface area contributed by atoms with Gasteiger partial charge in [0.2, 0.25) is 5.91 Å². The predicted molar refractivity (Wildman–Crippen MR) is 122 cm³/mol. The van der Waals surface area contributed by atoms with Crippen LogP contribution in [0.3, 0.4) is 0 Å². The average Bonchev–Trinajstić information content (AvgIpc) is 3.39. The summed E-state index contributed by atoms with van der Waals surface area (Å²) in [6.07, 6.45) is 2.92. The van der Waals surface area contributed by atoms with Crippen LogP contribution in [0, 0.1) is 12.8 Å². The Bertz CT molecular complexity index is 1170. The van der Waals surface area contributed by atoms with Crippen LogP contribution in [0.2, 0.25) is 5.02 Å². The van der Waals surface area contributed by atoms with Crippen LogP contribution in [-0.4, -0.2) is 41.5 Å². The van der Waals surface area contributed by atoms with Gasteiger partial charge in [-0.2, -0.15) is 9.40 Å². The van der Waals surface area contributed by atoms with Gasteiger partial charge in [-0.1, -0.05) is 23.7 Å². The van der Waals surface area contributed by atoms with Crippen LogP contribution in [0.15, 0.2) is 52.9 Å². The third-order valence-corrected chi connectivity index (χ3v) is 8.86. The van der Waals surface area contributed by atoms with Gasteiger partial charge >= 0.3 is 0 Å². The molecule has 0 spiro atoms. The zero-order valence-corrected chi connectivity index (χ0v) is 19.4. The number of rotatable bonds is 6. The molecule has 1 aromatic carbocycles. The molecule has 1 amide bonds. The second-order valence-corrected chi connectivity index (χ2v) is 11.4. The number of thiophene rings is 1. The van der Waals surface area contributed by atoms with Crippen LogP contribution in [0.4, 0.5) is 5.82 Å². The van der Waals surface area contributed by atoms with Crippen molar-refractivity contribution >= 4 is 44.7 Å². The van der Waals surface area contributed by atoms with Crippen molar-refractivity contribution < 1.29 is 13.2 Å². The van der Waals surface area contributed by atoms with E-state index in [0.717, 1.165) is 10.4 Å². The maximum Gasteiger partial charge on any atom is 0.252 e. The summed E-state index contributed by atoms with van der Waals surface area (Å²) in [5.74, 6) is -0.0302. The number of hydrogen-bond acceptors (Lipinski definition) is 5. The molecule has 1 aliphatic rings. The molecule has 1 unspecified atom stereocenters. The number of hydrogen-bond donors (Lipinski definition) is 1. The number of nitrogens with one attached hydrogen (secondary N) is 1. The summed E-state index contributed by atoms with van der Waals surface area (Å²) in [7, 11) is -3.58. The molecule has 1 fully saturated rings. The van der Waals surface area contributed by atoms with Crippen molar-refractivity contribution in [3.8, 4) is 0 Å². The van der Waals surface area contributed by atoms with Crippen molar-refractivity contribution in [1.82, 2.24) is 14.1 Å². The Kier molecular flexibility index (Phi) is 6.47. The smallest absolute Gasteiger partial charge is 0.252 e. The fraction of sp³-hybridized carbons (Fsp3) is 0.333. The molecular weight excluding hydrogens is 456 g/mol. The molecule has 0 bridgehead atoms. The molecule has 7 nitrogen and oxygen atoms in total. The molecule has 2 aromatic heterocycles. The highest BCUT2D eigenvalue weighted by molar-refractivity contribution is 7.91. The molecule has 10 heteroatoms. The van der Waals surface area contributed by atoms with Gasteiger partial charge < -0.3 is 5.32 Å². The van der Waals surface area contributed by atoms with E-state index >= 15 is 0 Å². The third-order valence-electron chi connectivity index (χ3n) is 5.28. The molecule has 164 valence electrons. The molecule has 31 heavy (non-hydrogen) atoms. The summed E-state index contributed by atoms with van der Waals surface area (Å²) in [4.78, 5) is 13.9. The molecule has 3 heterocycles. The van der Waals surface area contributed by atoms with Crippen LogP contribution in [-0.2, 0) is 21.4 Å². The number of aryl methyl sites for hydroxylation is 1. The number of sulfonamides is 1. The highest BCUT2D eigenvalue weighted by Crippen LogP contribution is 2.28. The first kappa shape index (κ1) is 22.0. The van der Waals surface area contributed by atoms with Crippen molar-refractivity contribution in [3.63, 3.8) is 0 Å². The lowest BCUT2D eigenvalue weighted by molar-refractivity contribution is -0.120. The number of halogens is 1. The van der Waals surface area contributed by atoms with E-state index in [1.807, 2.05) is 31.2 Å². The standard InChI is InChI=1S/C21H23ClN4O3S2/c1-15-4-9-20(30-15)31(28,29)25-12-2-3-17(14-25)21(27)24-19-10-11-23-26(19)13-16-5-7-18(22)8-6-16/h4-11,17H,2-3,12-14H2,1H3,(H,24,27). The highest BCUT2D eigenvalue weighted by Gasteiger charge is 2.34. The lowest BCUT2D eigenvalue weighted by Gasteiger charge is -2.30. The maximum atomic E-state index is 12.9. The van der Waals surface area contributed by atoms with Crippen molar-refractivity contribution in [1.29, 1.82) is 0 Å². The van der Waals surface area contributed by atoms with Crippen molar-refractivity contribution in [2.75, 3.05) is 18.4 Å². The van der Waals surface area contributed by atoms with E-state index in [0.29, 0.717) is 41.0 Å². The molecule has 0 saturated carbocycles. The Balaban J connectivity index is 1.43. The van der Waals surface area contributed by atoms with E-state index in [2.05, 4.69) is 10.4 Å². The first-order chi connectivity index (χ1) is 14.8. The van der Waals surface area contributed by atoms with Crippen molar-refractivity contribution in [3.05, 3.63) is 64.1 Å². The second kappa shape index (κ2) is 9.12. The summed E-state index contributed by atoms with van der Waals surface area (Å²) in [5, 5.41) is 7.88. The Morgan fingerprint density at radius 1 is 1.23 bits per heavy atom. The van der Waals surface area contributed by atoms with Gasteiger partial charge in [-0.15, -0.1) is 11.3 Å². The third kappa shape index (κ3) is 5.01. The van der Waals surface area contributed by atoms with Gasteiger partial charge in [0.25, 0.3) is 10.0 Å². The van der Waals surface area contributed by atoms with E-state index in [-0.39, 0.29) is 12.5 Å². The number of amides is 1. The molecule has 1 N–H and O–H groups in total. The summed E-state index contributed by atoms with van der Waals surface area (Å²) in [6.45, 7) is 2.97. The van der Waals surface area contributed by atoms with E-state index in [1.165, 1.54) is 15.6 Å². The first-order valence-corrected chi connectivity index (χ1v) is 12.6. The van der Waals surface area contributed by atoms with Crippen molar-refractivity contribution in [2.24, 2.45) is 5.92 Å². The zero-order chi connectivity index (χ0) is 22.0. The Hall–Kier alpha value is -2.20. The SMILES string of the molecule is Cc1ccc(S(=O)(=O)N2CCCC(C(=O)Nc3ccnn3Cc3ccc(Cl)cc3)C2)s1. The molecule has 1 atom stereocenters. The lowest BCUT2D eigenvalue weighted by Crippen LogP contribution is -2.43. The Morgan fingerprint density at radius 2 is 2.00 bits per heavy atom. The highest BCUT2D eigenvalue weighted by atomic mass is 35.5. The number of carbonyl (C=O) groups is 1. The van der Waals surface area contributed by atoms with Crippen LogP contribution >= 0.6 is 22.9 Å². The quantitative estimate of drug-likeness (QED) is 0.580. The molecule has 3 aromatic rings. The Morgan fingerprint density at radius 3 is 2.71 bits per heavy atom. The summed E-state index contributed by atoms with van der Waals surface area (Å²) < 4.78 is 29.4. The normalized spacial score (nSPS) is 17.5. The molecule has 4 rings (SSSR count). The minimum Gasteiger partial charge on any atom is -0.311 e. The largest absolute Gasteiger partial charge is 0.311 e. The maximum absolute atomic E-state index is 12.9. The summed E-state index contributed by atoms with van der Waals surface area (Å²) in [6, 6.07) is 12.6. The van der Waals surface area contributed by atoms with Crippen LogP contribution < -0.4 is 5.32 Å². The fourth-order valence-electron chi connectivity index (χ4n) is 3.61. The average molecular weight is 479 g/mol. The number of piperidine rings is 1. The topological polar surface area (TPSA) is 84.3 Å². The van der Waals surface area contributed by atoms with Crippen LogP contribution in [0.1, 0.15) is 23.3 Å². The van der Waals surface area contributed by atoms with E-state index in [9.17, 15) is 13.2 Å². The zero-order valence-electron chi connectivity index (χ0n) is 17.0. The number of aromatic nitrogens is 2. The minimum absolute atomic E-state index is 0.177. The van der Waals surface area contributed by atoms with Gasteiger partial charge in [0.1, 0.15) is 10.0 Å². The molecular formula is C21H23ClN4O3S2. The molecule has 1 aliphatic heterocycles. The van der Waals surface area contributed by atoms with Crippen LogP contribution in [0.5, 0.6) is 0 Å². The van der Waals surface area contributed by atoms with Gasteiger partial charge in [-0.25, -0.2) is 13.1 Å². The van der Waals surface area contributed by atoms with E-state index < -0.39 is 15.9 Å². The minimum atomic E-state index is -3.58. The Labute approximate surface area is 190 Å². The molecule has 1 saturated heterocycles. The number of benzene rings is 1. The van der Waals surface area contributed by atoms with Gasteiger partial charge in [0.05, 0.1) is 18.7 Å². The van der Waals surface area contributed by atoms with Crippen LogP contribution in [0.25, 0.3) is 0 Å².